The first-order valence-electron chi connectivity index (χ1n) is 5.44. The van der Waals surface area contributed by atoms with E-state index < -0.39 is 16.1 Å². The molecule has 0 radical (unpaired) electrons. The van der Waals surface area contributed by atoms with Crippen molar-refractivity contribution in [1.29, 1.82) is 0 Å². The molecule has 0 N–H and O–H groups in total. The second kappa shape index (κ2) is 5.36. The number of para-hydroxylation sites is 1. The molecule has 0 heterocycles. The lowest BCUT2D eigenvalue weighted by Gasteiger charge is -2.32. The Morgan fingerprint density at radius 2 is 1.71 bits per heavy atom. The molecule has 0 amide bonds. The highest BCUT2D eigenvalue weighted by Crippen LogP contribution is 2.54. The first kappa shape index (κ1) is 14.4. The van der Waals surface area contributed by atoms with Gasteiger partial charge in [-0.05, 0) is 31.8 Å². The Labute approximate surface area is 104 Å². The smallest absolute Gasteiger partial charge is 0.335 e. The molecule has 4 nitrogen and oxygen atoms in total. The van der Waals surface area contributed by atoms with Crippen LogP contribution in [0.4, 0.5) is 5.69 Å². The van der Waals surface area contributed by atoms with Crippen LogP contribution in [0.25, 0.3) is 0 Å². The molecule has 0 spiro atoms. The van der Waals surface area contributed by atoms with Crippen LogP contribution in [-0.2, 0) is 13.3 Å². The minimum absolute atomic E-state index is 0.816. The Kier molecular flexibility index (Phi) is 4.55. The van der Waals surface area contributed by atoms with Crippen molar-refractivity contribution in [1.82, 2.24) is 0 Å². The molecular formula is C11H20NO3PSi. The van der Waals surface area contributed by atoms with Gasteiger partial charge < -0.3 is 4.21 Å². The summed E-state index contributed by atoms with van der Waals surface area (Å²) in [5, 5.41) is 0. The van der Waals surface area contributed by atoms with Gasteiger partial charge in [0.25, 0.3) is 0 Å². The second-order valence-corrected chi connectivity index (χ2v) is 11.6. The number of hydrogen-bond acceptors (Lipinski definition) is 3. The van der Waals surface area contributed by atoms with Gasteiger partial charge in [0.1, 0.15) is 0 Å². The Hall–Kier alpha value is -0.613. The summed E-state index contributed by atoms with van der Waals surface area (Å²) in [6, 6.07) is 9.44. The number of anilines is 1. The Morgan fingerprint density at radius 3 is 2.12 bits per heavy atom. The number of nitrogens with zero attached hydrogens (tertiary/aromatic N) is 1. The maximum absolute atomic E-state index is 12.6. The lowest BCUT2D eigenvalue weighted by molar-refractivity contribution is 0.319. The molecule has 1 aromatic rings. The van der Waals surface area contributed by atoms with Crippen LogP contribution in [0.5, 0.6) is 0 Å². The first-order valence-corrected chi connectivity index (χ1v) is 10.3. The fraction of sp³-hybridized carbons (Fsp3) is 0.455. The van der Waals surface area contributed by atoms with Gasteiger partial charge in [-0.3, -0.25) is 9.19 Å². The zero-order valence-electron chi connectivity index (χ0n) is 11.0. The molecule has 0 aromatic heterocycles. The van der Waals surface area contributed by atoms with Crippen LogP contribution in [0.2, 0.25) is 19.6 Å². The quantitative estimate of drug-likeness (QED) is 0.605. The maximum atomic E-state index is 12.6. The molecule has 0 aliphatic heterocycles. The Bertz CT molecular complexity index is 405. The third-order valence-corrected chi connectivity index (χ3v) is 6.66. The van der Waals surface area contributed by atoms with Crippen molar-refractivity contribution in [3.63, 3.8) is 0 Å². The lowest BCUT2D eigenvalue weighted by Crippen LogP contribution is -2.29. The summed E-state index contributed by atoms with van der Waals surface area (Å²) in [5.41, 5.74) is 0.816. The molecule has 17 heavy (non-hydrogen) atoms. The zero-order valence-corrected chi connectivity index (χ0v) is 12.9. The van der Waals surface area contributed by atoms with Gasteiger partial charge in [-0.15, -0.1) is 0 Å². The molecule has 0 saturated carbocycles. The first-order chi connectivity index (χ1) is 7.78. The Balaban J connectivity index is 2.98. The highest BCUT2D eigenvalue weighted by molar-refractivity contribution is 7.57. The van der Waals surface area contributed by atoms with Gasteiger partial charge in [0.05, 0.1) is 0 Å². The molecule has 96 valence electrons. The predicted molar refractivity (Wildman–Crippen MR) is 73.9 cm³/mol. The average molecular weight is 273 g/mol. The van der Waals surface area contributed by atoms with Gasteiger partial charge in [0.2, 0.25) is 0 Å². The van der Waals surface area contributed by atoms with Crippen LogP contribution in [0, 0.1) is 0 Å². The molecule has 1 atom stereocenters. The highest BCUT2D eigenvalue weighted by Gasteiger charge is 2.35. The van der Waals surface area contributed by atoms with Crippen molar-refractivity contribution in [2.45, 2.75) is 19.6 Å². The average Bonchev–Trinajstić information content (AvgIpc) is 2.27. The molecule has 1 unspecified atom stereocenters. The molecule has 0 saturated heterocycles. The molecule has 0 aliphatic rings. The fourth-order valence-electron chi connectivity index (χ4n) is 1.35. The van der Waals surface area contributed by atoms with Gasteiger partial charge in [0.15, 0.2) is 8.32 Å². The minimum Gasteiger partial charge on any atom is -0.335 e. The van der Waals surface area contributed by atoms with Crippen molar-refractivity contribution in [2.24, 2.45) is 0 Å². The van der Waals surface area contributed by atoms with Crippen LogP contribution >= 0.6 is 7.75 Å². The van der Waals surface area contributed by atoms with Gasteiger partial charge >= 0.3 is 7.75 Å². The minimum atomic E-state index is -3.24. The summed E-state index contributed by atoms with van der Waals surface area (Å²) < 4.78 is 25.0. The summed E-state index contributed by atoms with van der Waals surface area (Å²) in [7, 11) is -2.04. The summed E-state index contributed by atoms with van der Waals surface area (Å²) >= 11 is 0. The maximum Gasteiger partial charge on any atom is 0.424 e. The fourth-order valence-corrected chi connectivity index (χ4v) is 5.57. The number of hydrogen-bond donors (Lipinski definition) is 0. The monoisotopic (exact) mass is 273 g/mol. The van der Waals surface area contributed by atoms with Crippen LogP contribution in [0.15, 0.2) is 30.3 Å². The summed E-state index contributed by atoms with van der Waals surface area (Å²) in [6.07, 6.45) is 0. The third kappa shape index (κ3) is 3.96. The van der Waals surface area contributed by atoms with Crippen LogP contribution in [0.3, 0.4) is 0 Å². The van der Waals surface area contributed by atoms with Crippen molar-refractivity contribution >= 4 is 21.8 Å². The van der Waals surface area contributed by atoms with Crippen LogP contribution in [0.1, 0.15) is 0 Å². The van der Waals surface area contributed by atoms with Crippen molar-refractivity contribution in [3.05, 3.63) is 30.3 Å². The number of benzene rings is 1. The van der Waals surface area contributed by atoms with E-state index in [9.17, 15) is 4.57 Å². The third-order valence-electron chi connectivity index (χ3n) is 2.12. The van der Waals surface area contributed by atoms with E-state index in [1.807, 2.05) is 50.0 Å². The lowest BCUT2D eigenvalue weighted by atomic mass is 10.3. The molecule has 0 bridgehead atoms. The predicted octanol–water partition coefficient (Wildman–Crippen LogP) is 3.73. The van der Waals surface area contributed by atoms with Gasteiger partial charge in [0, 0.05) is 19.8 Å². The molecule has 6 heteroatoms. The SMILES string of the molecule is COP(=O)(O[Si](C)(C)C)N(C)c1ccccc1. The van der Waals surface area contributed by atoms with E-state index >= 15 is 0 Å². The van der Waals surface area contributed by atoms with Crippen molar-refractivity contribution in [3.8, 4) is 0 Å². The van der Waals surface area contributed by atoms with Crippen molar-refractivity contribution in [2.75, 3.05) is 18.8 Å². The van der Waals surface area contributed by atoms with Crippen LogP contribution in [-0.4, -0.2) is 22.5 Å². The summed E-state index contributed by atoms with van der Waals surface area (Å²) in [5.74, 6) is 0. The zero-order chi connectivity index (χ0) is 13.1. The van der Waals surface area contributed by atoms with E-state index in [4.69, 9.17) is 8.74 Å². The molecule has 0 fully saturated rings. The largest absolute Gasteiger partial charge is 0.424 e. The van der Waals surface area contributed by atoms with E-state index in [-0.39, 0.29) is 0 Å². The van der Waals surface area contributed by atoms with E-state index in [0.717, 1.165) is 5.69 Å². The normalized spacial score (nSPS) is 15.4. The van der Waals surface area contributed by atoms with Gasteiger partial charge in [-0.25, -0.2) is 4.57 Å². The van der Waals surface area contributed by atoms with E-state index in [2.05, 4.69) is 0 Å². The molecular weight excluding hydrogens is 253 g/mol. The van der Waals surface area contributed by atoms with Gasteiger partial charge in [-0.1, -0.05) is 18.2 Å². The summed E-state index contributed by atoms with van der Waals surface area (Å²) in [6.45, 7) is 5.95. The van der Waals surface area contributed by atoms with Gasteiger partial charge in [-0.2, -0.15) is 0 Å². The topological polar surface area (TPSA) is 38.8 Å². The molecule has 0 aliphatic carbocycles. The summed E-state index contributed by atoms with van der Waals surface area (Å²) in [4.78, 5) is 0. The molecule has 1 rings (SSSR count). The van der Waals surface area contributed by atoms with Crippen LogP contribution < -0.4 is 4.67 Å². The van der Waals surface area contributed by atoms with E-state index in [1.54, 1.807) is 11.7 Å². The van der Waals surface area contributed by atoms with E-state index in [0.29, 0.717) is 0 Å². The number of rotatable bonds is 5. The van der Waals surface area contributed by atoms with Crippen molar-refractivity contribution < 1.29 is 13.3 Å². The molecule has 1 aromatic carbocycles. The highest BCUT2D eigenvalue weighted by atomic mass is 31.2. The Morgan fingerprint density at radius 1 is 1.18 bits per heavy atom. The second-order valence-electron chi connectivity index (χ2n) is 4.71. The standard InChI is InChI=1S/C11H20NO3PSi/c1-12(11-9-7-6-8-10-11)16(13,14-2)15-17(3,4)5/h6-10H,1-5H3. The van der Waals surface area contributed by atoms with E-state index in [1.165, 1.54) is 7.11 Å².